The van der Waals surface area contributed by atoms with E-state index >= 15 is 0 Å². The average Bonchev–Trinajstić information content (AvgIpc) is 2.46. The van der Waals surface area contributed by atoms with E-state index in [1.807, 2.05) is 0 Å². The van der Waals surface area contributed by atoms with Gasteiger partial charge in [0.25, 0.3) is 0 Å². The maximum atomic E-state index is 12.2. The fourth-order valence-corrected chi connectivity index (χ4v) is 2.78. The van der Waals surface area contributed by atoms with Crippen LogP contribution in [-0.2, 0) is 16.6 Å². The topological polar surface area (TPSA) is 79.3 Å². The number of nitrogens with one attached hydrogen (secondary N) is 1. The first-order valence-electron chi connectivity index (χ1n) is 6.15. The third kappa shape index (κ3) is 3.63. The van der Waals surface area contributed by atoms with E-state index < -0.39 is 16.1 Å². The maximum absolute atomic E-state index is 12.2. The lowest BCUT2D eigenvalue weighted by Gasteiger charge is -2.09. The van der Waals surface area contributed by atoms with E-state index in [-0.39, 0.29) is 11.4 Å². The summed E-state index contributed by atoms with van der Waals surface area (Å²) in [6.45, 7) is 1.79. The predicted octanol–water partition coefficient (Wildman–Crippen LogP) is 1.61. The van der Waals surface area contributed by atoms with Gasteiger partial charge in [0.05, 0.1) is 11.0 Å². The van der Waals surface area contributed by atoms with Crippen molar-refractivity contribution in [1.29, 1.82) is 0 Å². The fourth-order valence-electron chi connectivity index (χ4n) is 1.70. The molecule has 0 fully saturated rings. The molecule has 1 aromatic carbocycles. The van der Waals surface area contributed by atoms with Crippen molar-refractivity contribution in [3.63, 3.8) is 0 Å². The third-order valence-corrected chi connectivity index (χ3v) is 4.27. The Bertz CT molecular complexity index is 670. The van der Waals surface area contributed by atoms with Gasteiger partial charge in [-0.1, -0.05) is 12.1 Å². The van der Waals surface area contributed by atoms with Gasteiger partial charge in [-0.15, -0.1) is 0 Å². The number of aliphatic hydroxyl groups excluding tert-OH is 1. The summed E-state index contributed by atoms with van der Waals surface area (Å²) >= 11 is 0. The Balaban J connectivity index is 2.16. The number of pyridine rings is 1. The molecular formula is C14H16N2O3S. The van der Waals surface area contributed by atoms with Gasteiger partial charge in [0.1, 0.15) is 0 Å². The molecule has 0 aliphatic rings. The van der Waals surface area contributed by atoms with Crippen LogP contribution in [0.5, 0.6) is 0 Å². The van der Waals surface area contributed by atoms with Crippen molar-refractivity contribution in [2.45, 2.75) is 24.5 Å². The smallest absolute Gasteiger partial charge is 0.240 e. The van der Waals surface area contributed by atoms with Crippen LogP contribution in [0.1, 0.15) is 24.2 Å². The number of sulfonamides is 1. The highest BCUT2D eigenvalue weighted by Crippen LogP contribution is 2.17. The van der Waals surface area contributed by atoms with Crippen LogP contribution in [-0.4, -0.2) is 18.5 Å². The van der Waals surface area contributed by atoms with E-state index in [0.29, 0.717) is 5.56 Å². The van der Waals surface area contributed by atoms with Crippen LogP contribution >= 0.6 is 0 Å². The van der Waals surface area contributed by atoms with Gasteiger partial charge in [-0.25, -0.2) is 13.1 Å². The number of aliphatic hydroxyl groups is 1. The van der Waals surface area contributed by atoms with E-state index in [9.17, 15) is 13.5 Å². The summed E-state index contributed by atoms with van der Waals surface area (Å²) in [6, 6.07) is 9.76. The van der Waals surface area contributed by atoms with Crippen molar-refractivity contribution in [2.75, 3.05) is 0 Å². The van der Waals surface area contributed by atoms with Crippen LogP contribution in [0.4, 0.5) is 0 Å². The van der Waals surface area contributed by atoms with Gasteiger partial charge < -0.3 is 5.11 Å². The minimum atomic E-state index is -3.60. The van der Waals surface area contributed by atoms with Crippen LogP contribution in [0, 0.1) is 0 Å². The molecule has 1 aromatic heterocycles. The highest BCUT2D eigenvalue weighted by molar-refractivity contribution is 7.89. The van der Waals surface area contributed by atoms with Gasteiger partial charge in [-0.3, -0.25) is 4.98 Å². The molecule has 6 heteroatoms. The van der Waals surface area contributed by atoms with Crippen molar-refractivity contribution in [1.82, 2.24) is 9.71 Å². The van der Waals surface area contributed by atoms with Gasteiger partial charge in [-0.2, -0.15) is 0 Å². The molecule has 2 aromatic rings. The molecule has 20 heavy (non-hydrogen) atoms. The molecule has 1 heterocycles. The number of hydrogen-bond acceptors (Lipinski definition) is 4. The largest absolute Gasteiger partial charge is 0.389 e. The van der Waals surface area contributed by atoms with E-state index in [2.05, 4.69) is 9.71 Å². The first-order chi connectivity index (χ1) is 9.49. The molecule has 106 valence electrons. The zero-order valence-electron chi connectivity index (χ0n) is 11.0. The summed E-state index contributed by atoms with van der Waals surface area (Å²) in [5.74, 6) is 0. The Labute approximate surface area is 118 Å². The Morgan fingerprint density at radius 1 is 1.25 bits per heavy atom. The van der Waals surface area contributed by atoms with Gasteiger partial charge >= 0.3 is 0 Å². The van der Waals surface area contributed by atoms with Gasteiger partial charge in [0, 0.05) is 18.9 Å². The van der Waals surface area contributed by atoms with E-state index in [0.717, 1.165) is 5.56 Å². The molecule has 5 nitrogen and oxygen atoms in total. The van der Waals surface area contributed by atoms with Gasteiger partial charge in [0.2, 0.25) is 10.0 Å². The monoisotopic (exact) mass is 292 g/mol. The lowest BCUT2D eigenvalue weighted by molar-refractivity contribution is 0.199. The molecule has 0 saturated carbocycles. The molecule has 0 spiro atoms. The minimum Gasteiger partial charge on any atom is -0.389 e. The van der Waals surface area contributed by atoms with Crippen molar-refractivity contribution in [3.05, 3.63) is 59.9 Å². The van der Waals surface area contributed by atoms with E-state index in [4.69, 9.17) is 0 Å². The second-order valence-electron chi connectivity index (χ2n) is 4.43. The normalized spacial score (nSPS) is 13.1. The fraction of sp³-hybridized carbons (Fsp3) is 0.214. The van der Waals surface area contributed by atoms with Crippen molar-refractivity contribution in [2.24, 2.45) is 0 Å². The number of hydrogen-bond donors (Lipinski definition) is 2. The molecule has 0 aliphatic carbocycles. The molecule has 2 rings (SSSR count). The zero-order valence-corrected chi connectivity index (χ0v) is 11.8. The minimum absolute atomic E-state index is 0.143. The Morgan fingerprint density at radius 3 is 2.60 bits per heavy atom. The van der Waals surface area contributed by atoms with Crippen LogP contribution in [0.15, 0.2) is 53.7 Å². The molecule has 0 saturated heterocycles. The highest BCUT2D eigenvalue weighted by Gasteiger charge is 2.15. The maximum Gasteiger partial charge on any atom is 0.240 e. The standard InChI is InChI=1S/C14H16N2O3S/c1-11(17)13-3-2-4-14(9-13)20(18,19)16-10-12-5-7-15-8-6-12/h2-9,11,16-17H,10H2,1H3. The van der Waals surface area contributed by atoms with Gasteiger partial charge in [0.15, 0.2) is 0 Å². The quantitative estimate of drug-likeness (QED) is 0.877. The summed E-state index contributed by atoms with van der Waals surface area (Å²) in [5, 5.41) is 9.50. The summed E-state index contributed by atoms with van der Waals surface area (Å²) in [6.07, 6.45) is 2.51. The van der Waals surface area contributed by atoms with Crippen molar-refractivity contribution in [3.8, 4) is 0 Å². The molecule has 1 unspecified atom stereocenters. The Morgan fingerprint density at radius 2 is 1.95 bits per heavy atom. The molecule has 0 aliphatic heterocycles. The highest BCUT2D eigenvalue weighted by atomic mass is 32.2. The molecule has 0 bridgehead atoms. The SMILES string of the molecule is CC(O)c1cccc(S(=O)(=O)NCc2ccncc2)c1. The van der Waals surface area contributed by atoms with E-state index in [1.54, 1.807) is 43.6 Å². The first-order valence-corrected chi connectivity index (χ1v) is 7.64. The van der Waals surface area contributed by atoms with Crippen molar-refractivity contribution >= 4 is 10.0 Å². The van der Waals surface area contributed by atoms with Gasteiger partial charge in [-0.05, 0) is 42.3 Å². The Kier molecular flexibility index (Phi) is 4.49. The molecule has 1 atom stereocenters. The van der Waals surface area contributed by atoms with Crippen LogP contribution in [0.3, 0.4) is 0 Å². The number of nitrogens with zero attached hydrogens (tertiary/aromatic N) is 1. The molecule has 2 N–H and O–H groups in total. The molecule has 0 radical (unpaired) electrons. The molecule has 0 amide bonds. The van der Waals surface area contributed by atoms with E-state index in [1.165, 1.54) is 12.1 Å². The first kappa shape index (κ1) is 14.6. The predicted molar refractivity (Wildman–Crippen MR) is 75.3 cm³/mol. The lowest BCUT2D eigenvalue weighted by atomic mass is 10.1. The van der Waals surface area contributed by atoms with Crippen LogP contribution in [0.25, 0.3) is 0 Å². The number of rotatable bonds is 5. The number of benzene rings is 1. The van der Waals surface area contributed by atoms with Crippen LogP contribution in [0.2, 0.25) is 0 Å². The van der Waals surface area contributed by atoms with Crippen molar-refractivity contribution < 1.29 is 13.5 Å². The second-order valence-corrected chi connectivity index (χ2v) is 6.20. The third-order valence-electron chi connectivity index (χ3n) is 2.87. The lowest BCUT2D eigenvalue weighted by Crippen LogP contribution is -2.23. The zero-order chi connectivity index (χ0) is 14.6. The molecular weight excluding hydrogens is 276 g/mol. The average molecular weight is 292 g/mol. The second kappa shape index (κ2) is 6.13. The summed E-state index contributed by atoms with van der Waals surface area (Å²) in [7, 11) is -3.60. The Hall–Kier alpha value is -1.76. The number of aromatic nitrogens is 1. The van der Waals surface area contributed by atoms with Crippen LogP contribution < -0.4 is 4.72 Å². The summed E-state index contributed by atoms with van der Waals surface area (Å²) in [4.78, 5) is 4.02. The summed E-state index contributed by atoms with van der Waals surface area (Å²) < 4.78 is 26.9. The summed E-state index contributed by atoms with van der Waals surface area (Å²) in [5.41, 5.74) is 1.40.